The van der Waals surface area contributed by atoms with E-state index >= 15 is 0 Å². The van der Waals surface area contributed by atoms with E-state index < -0.39 is 6.10 Å². The van der Waals surface area contributed by atoms with E-state index in [1.165, 1.54) is 0 Å². The molecule has 1 heterocycles. The van der Waals surface area contributed by atoms with Gasteiger partial charge in [-0.2, -0.15) is 0 Å². The van der Waals surface area contributed by atoms with Crippen molar-refractivity contribution < 1.29 is 14.3 Å². The molecule has 0 unspecified atom stereocenters. The standard InChI is InChI=1S/C22H27NO3/c1-14-10-11-17-18(13-22(4,5)26-20(17)12-14)23-21(24)16(3)25-19-9-7-6-8-15(19)2/h6-12,16,18H,13H2,1-5H3,(H,23,24)/t16-,18-/m0/s1. The van der Waals surface area contributed by atoms with Crippen LogP contribution in [0.25, 0.3) is 0 Å². The molecule has 0 aromatic heterocycles. The van der Waals surface area contributed by atoms with Crippen molar-refractivity contribution in [1.82, 2.24) is 5.32 Å². The predicted molar refractivity (Wildman–Crippen MR) is 103 cm³/mol. The van der Waals surface area contributed by atoms with Gasteiger partial charge in [0.05, 0.1) is 6.04 Å². The zero-order chi connectivity index (χ0) is 18.9. The lowest BCUT2D eigenvalue weighted by molar-refractivity contribution is -0.128. The van der Waals surface area contributed by atoms with Crippen LogP contribution >= 0.6 is 0 Å². The second kappa shape index (κ2) is 7.02. The second-order valence-corrected chi connectivity index (χ2v) is 7.69. The van der Waals surface area contributed by atoms with Crippen LogP contribution in [-0.4, -0.2) is 17.6 Å². The number of nitrogens with one attached hydrogen (secondary N) is 1. The molecule has 0 radical (unpaired) electrons. The highest BCUT2D eigenvalue weighted by Gasteiger charge is 2.35. The fraction of sp³-hybridized carbons (Fsp3) is 0.409. The quantitative estimate of drug-likeness (QED) is 0.881. The number of aryl methyl sites for hydroxylation is 2. The van der Waals surface area contributed by atoms with Crippen molar-refractivity contribution in [3.8, 4) is 11.5 Å². The van der Waals surface area contributed by atoms with E-state index in [9.17, 15) is 4.79 Å². The van der Waals surface area contributed by atoms with Crippen LogP contribution in [0.15, 0.2) is 42.5 Å². The molecule has 4 nitrogen and oxygen atoms in total. The Morgan fingerprint density at radius 2 is 1.96 bits per heavy atom. The van der Waals surface area contributed by atoms with Gasteiger partial charge in [0.1, 0.15) is 17.1 Å². The second-order valence-electron chi connectivity index (χ2n) is 7.69. The van der Waals surface area contributed by atoms with Crippen molar-refractivity contribution in [2.75, 3.05) is 0 Å². The molecule has 0 saturated heterocycles. The molecule has 1 N–H and O–H groups in total. The topological polar surface area (TPSA) is 47.6 Å². The van der Waals surface area contributed by atoms with Crippen LogP contribution in [0.5, 0.6) is 11.5 Å². The first kappa shape index (κ1) is 18.3. The van der Waals surface area contributed by atoms with E-state index in [2.05, 4.69) is 5.32 Å². The Bertz CT molecular complexity index is 813. The summed E-state index contributed by atoms with van der Waals surface area (Å²) in [5, 5.41) is 3.15. The highest BCUT2D eigenvalue weighted by molar-refractivity contribution is 5.81. The van der Waals surface area contributed by atoms with Gasteiger partial charge in [-0.05, 0) is 57.9 Å². The molecule has 0 aliphatic carbocycles. The summed E-state index contributed by atoms with van der Waals surface area (Å²) in [6, 6.07) is 13.7. The summed E-state index contributed by atoms with van der Waals surface area (Å²) in [6.07, 6.45) is 0.141. The Hall–Kier alpha value is -2.49. The maximum absolute atomic E-state index is 12.7. The maximum Gasteiger partial charge on any atom is 0.261 e. The molecule has 1 amide bonds. The largest absolute Gasteiger partial charge is 0.487 e. The van der Waals surface area contributed by atoms with Crippen LogP contribution in [0.1, 0.15) is 49.9 Å². The SMILES string of the molecule is Cc1ccc2c(c1)OC(C)(C)C[C@@H]2NC(=O)[C@H](C)Oc1ccccc1C. The van der Waals surface area contributed by atoms with Crippen LogP contribution < -0.4 is 14.8 Å². The lowest BCUT2D eigenvalue weighted by Crippen LogP contribution is -2.44. The summed E-state index contributed by atoms with van der Waals surface area (Å²) in [5.41, 5.74) is 2.84. The normalized spacial score (nSPS) is 19.0. The number of para-hydroxylation sites is 1. The number of fused-ring (bicyclic) bond motifs is 1. The molecule has 0 saturated carbocycles. The van der Waals surface area contributed by atoms with Crippen molar-refractivity contribution in [1.29, 1.82) is 0 Å². The molecule has 3 rings (SSSR count). The first-order valence-corrected chi connectivity index (χ1v) is 9.07. The summed E-state index contributed by atoms with van der Waals surface area (Å²) in [5.74, 6) is 1.46. The molecule has 138 valence electrons. The summed E-state index contributed by atoms with van der Waals surface area (Å²) < 4.78 is 12.0. The molecular formula is C22H27NO3. The van der Waals surface area contributed by atoms with Gasteiger partial charge in [-0.1, -0.05) is 30.3 Å². The Labute approximate surface area is 155 Å². The summed E-state index contributed by atoms with van der Waals surface area (Å²) in [7, 11) is 0. The van der Waals surface area contributed by atoms with Gasteiger partial charge in [-0.25, -0.2) is 0 Å². The van der Waals surface area contributed by atoms with Crippen LogP contribution in [0.4, 0.5) is 0 Å². The highest BCUT2D eigenvalue weighted by Crippen LogP contribution is 2.40. The Morgan fingerprint density at radius 3 is 2.69 bits per heavy atom. The molecule has 4 heteroatoms. The molecule has 2 aromatic carbocycles. The van der Waals surface area contributed by atoms with Crippen LogP contribution in [0, 0.1) is 13.8 Å². The summed E-state index contributed by atoms with van der Waals surface area (Å²) >= 11 is 0. The van der Waals surface area contributed by atoms with E-state index in [1.54, 1.807) is 6.92 Å². The minimum absolute atomic E-state index is 0.0928. The molecular weight excluding hydrogens is 326 g/mol. The number of hydrogen-bond acceptors (Lipinski definition) is 3. The zero-order valence-electron chi connectivity index (χ0n) is 16.1. The third-order valence-electron chi connectivity index (χ3n) is 4.71. The Balaban J connectivity index is 1.75. The molecule has 0 spiro atoms. The van der Waals surface area contributed by atoms with Gasteiger partial charge in [0.2, 0.25) is 0 Å². The van der Waals surface area contributed by atoms with Crippen molar-refractivity contribution in [3.63, 3.8) is 0 Å². The van der Waals surface area contributed by atoms with Crippen LogP contribution in [0.2, 0.25) is 0 Å². The smallest absolute Gasteiger partial charge is 0.261 e. The minimum atomic E-state index is -0.573. The van der Waals surface area contributed by atoms with Gasteiger partial charge >= 0.3 is 0 Å². The molecule has 0 fully saturated rings. The fourth-order valence-corrected chi connectivity index (χ4v) is 3.31. The fourth-order valence-electron chi connectivity index (χ4n) is 3.31. The van der Waals surface area contributed by atoms with Crippen molar-refractivity contribution in [2.24, 2.45) is 0 Å². The van der Waals surface area contributed by atoms with Crippen LogP contribution in [-0.2, 0) is 4.79 Å². The lowest BCUT2D eigenvalue weighted by Gasteiger charge is -2.38. The van der Waals surface area contributed by atoms with E-state index in [0.29, 0.717) is 6.42 Å². The van der Waals surface area contributed by atoms with Gasteiger partial charge < -0.3 is 14.8 Å². The lowest BCUT2D eigenvalue weighted by atomic mass is 9.89. The Morgan fingerprint density at radius 1 is 1.23 bits per heavy atom. The monoisotopic (exact) mass is 353 g/mol. The van der Waals surface area contributed by atoms with Gasteiger partial charge in [-0.3, -0.25) is 4.79 Å². The van der Waals surface area contributed by atoms with Gasteiger partial charge in [0, 0.05) is 12.0 Å². The highest BCUT2D eigenvalue weighted by atomic mass is 16.5. The van der Waals surface area contributed by atoms with E-state index in [0.717, 1.165) is 28.2 Å². The molecule has 26 heavy (non-hydrogen) atoms. The third-order valence-corrected chi connectivity index (χ3v) is 4.71. The van der Waals surface area contributed by atoms with Gasteiger partial charge in [0.25, 0.3) is 5.91 Å². The molecule has 1 aliphatic heterocycles. The number of rotatable bonds is 4. The average Bonchev–Trinajstić information content (AvgIpc) is 2.55. The zero-order valence-corrected chi connectivity index (χ0v) is 16.1. The number of ether oxygens (including phenoxy) is 2. The number of amides is 1. The van der Waals surface area contributed by atoms with Gasteiger partial charge in [0.15, 0.2) is 6.10 Å². The average molecular weight is 353 g/mol. The van der Waals surface area contributed by atoms with E-state index in [1.807, 2.05) is 70.2 Å². The minimum Gasteiger partial charge on any atom is -0.487 e. The molecule has 2 atom stereocenters. The molecule has 0 bridgehead atoms. The molecule has 1 aliphatic rings. The maximum atomic E-state index is 12.7. The number of carbonyl (C=O) groups excluding carboxylic acids is 1. The van der Waals surface area contributed by atoms with E-state index in [-0.39, 0.29) is 17.6 Å². The Kier molecular flexibility index (Phi) is 4.94. The summed E-state index contributed by atoms with van der Waals surface area (Å²) in [6.45, 7) is 9.88. The van der Waals surface area contributed by atoms with Gasteiger partial charge in [-0.15, -0.1) is 0 Å². The molecule has 2 aromatic rings. The van der Waals surface area contributed by atoms with Crippen molar-refractivity contribution in [3.05, 3.63) is 59.2 Å². The number of hydrogen-bond donors (Lipinski definition) is 1. The first-order chi connectivity index (χ1) is 12.2. The third kappa shape index (κ3) is 4.01. The van der Waals surface area contributed by atoms with Crippen molar-refractivity contribution in [2.45, 2.75) is 58.8 Å². The summed E-state index contributed by atoms with van der Waals surface area (Å²) in [4.78, 5) is 12.7. The number of benzene rings is 2. The number of carbonyl (C=O) groups is 1. The van der Waals surface area contributed by atoms with Crippen molar-refractivity contribution >= 4 is 5.91 Å². The first-order valence-electron chi connectivity index (χ1n) is 9.07. The predicted octanol–water partition coefficient (Wildman–Crippen LogP) is 4.49. The van der Waals surface area contributed by atoms with E-state index in [4.69, 9.17) is 9.47 Å². The van der Waals surface area contributed by atoms with Crippen LogP contribution in [0.3, 0.4) is 0 Å².